The molecule has 0 bridgehead atoms. The van der Waals surface area contributed by atoms with Gasteiger partial charge in [0.25, 0.3) is 0 Å². The van der Waals surface area contributed by atoms with Crippen molar-refractivity contribution in [2.45, 2.75) is 13.1 Å². The molecule has 0 saturated heterocycles. The average molecular weight is 351 g/mol. The number of hydrogen-bond acceptors (Lipinski definition) is 4. The third kappa shape index (κ3) is 3.59. The van der Waals surface area contributed by atoms with E-state index in [1.54, 1.807) is 6.92 Å². The Morgan fingerprint density at radius 3 is 2.72 bits per heavy atom. The van der Waals surface area contributed by atoms with Gasteiger partial charge in [-0.2, -0.15) is 13.2 Å². The smallest absolute Gasteiger partial charge is 0.376 e. The molecule has 3 aromatic heterocycles. The number of aromatic nitrogens is 3. The van der Waals surface area contributed by atoms with E-state index in [1.807, 2.05) is 0 Å². The van der Waals surface area contributed by atoms with Crippen molar-refractivity contribution < 1.29 is 17.6 Å². The number of nitrogens with one attached hydrogen (secondary N) is 2. The van der Waals surface area contributed by atoms with Crippen LogP contribution in [-0.2, 0) is 0 Å². The molecule has 0 atom stereocenters. The van der Waals surface area contributed by atoms with E-state index in [1.165, 1.54) is 35.0 Å². The summed E-state index contributed by atoms with van der Waals surface area (Å²) in [5.74, 6) is -0.517. The van der Waals surface area contributed by atoms with Crippen LogP contribution in [-0.4, -0.2) is 32.8 Å². The van der Waals surface area contributed by atoms with Crippen molar-refractivity contribution in [3.63, 3.8) is 0 Å². The van der Waals surface area contributed by atoms with E-state index in [9.17, 15) is 17.6 Å². The summed E-state index contributed by atoms with van der Waals surface area (Å²) in [6.07, 6.45) is -0.556. The molecular formula is C16H13F4N5. The SMILES string of the molecule is Cc1cc(NCC(F)(F)F)c(C(=N)c2cnc3ccc(F)cn23)cn1. The first kappa shape index (κ1) is 16.9. The van der Waals surface area contributed by atoms with Gasteiger partial charge in [0.1, 0.15) is 18.0 Å². The van der Waals surface area contributed by atoms with E-state index in [0.717, 1.165) is 6.20 Å². The molecule has 0 aliphatic heterocycles. The van der Waals surface area contributed by atoms with Crippen LogP contribution < -0.4 is 5.32 Å². The largest absolute Gasteiger partial charge is 0.405 e. The summed E-state index contributed by atoms with van der Waals surface area (Å²) in [6.45, 7) is 0.397. The van der Waals surface area contributed by atoms with Crippen LogP contribution in [0.5, 0.6) is 0 Å². The molecule has 3 aromatic rings. The highest BCUT2D eigenvalue weighted by Gasteiger charge is 2.27. The van der Waals surface area contributed by atoms with Gasteiger partial charge in [0.05, 0.1) is 17.6 Å². The normalized spacial score (nSPS) is 11.7. The van der Waals surface area contributed by atoms with Crippen molar-refractivity contribution in [2.75, 3.05) is 11.9 Å². The molecule has 0 radical (unpaired) electrons. The average Bonchev–Trinajstić information content (AvgIpc) is 2.94. The van der Waals surface area contributed by atoms with Gasteiger partial charge in [0, 0.05) is 29.3 Å². The molecule has 3 heterocycles. The molecule has 0 fully saturated rings. The molecule has 0 aliphatic rings. The summed E-state index contributed by atoms with van der Waals surface area (Å²) in [7, 11) is 0. The first-order chi connectivity index (χ1) is 11.7. The van der Waals surface area contributed by atoms with Gasteiger partial charge < -0.3 is 5.32 Å². The van der Waals surface area contributed by atoms with Crippen molar-refractivity contribution in [2.24, 2.45) is 0 Å². The van der Waals surface area contributed by atoms with Gasteiger partial charge in [-0.3, -0.25) is 14.8 Å². The predicted molar refractivity (Wildman–Crippen MR) is 84.6 cm³/mol. The van der Waals surface area contributed by atoms with Crippen LogP contribution in [0.15, 0.2) is 36.8 Å². The quantitative estimate of drug-likeness (QED) is 0.558. The fourth-order valence-corrected chi connectivity index (χ4v) is 2.38. The second-order valence-electron chi connectivity index (χ2n) is 5.43. The second kappa shape index (κ2) is 6.15. The summed E-state index contributed by atoms with van der Waals surface area (Å²) in [6, 6.07) is 4.11. The first-order valence-electron chi connectivity index (χ1n) is 7.24. The van der Waals surface area contributed by atoms with Gasteiger partial charge >= 0.3 is 6.18 Å². The number of pyridine rings is 2. The zero-order valence-electron chi connectivity index (χ0n) is 13.0. The Balaban J connectivity index is 2.02. The number of rotatable bonds is 4. The zero-order valence-corrected chi connectivity index (χ0v) is 13.0. The summed E-state index contributed by atoms with van der Waals surface area (Å²) < 4.78 is 52.4. The van der Waals surface area contributed by atoms with Crippen LogP contribution in [0.1, 0.15) is 17.0 Å². The summed E-state index contributed by atoms with van der Waals surface area (Å²) in [5, 5.41) is 10.6. The summed E-state index contributed by atoms with van der Waals surface area (Å²) >= 11 is 0. The molecule has 0 amide bonds. The second-order valence-corrected chi connectivity index (χ2v) is 5.43. The Bertz CT molecular complexity index is 945. The number of fused-ring (bicyclic) bond motifs is 1. The molecule has 3 rings (SSSR count). The summed E-state index contributed by atoms with van der Waals surface area (Å²) in [5.41, 5.74) is 1.35. The van der Waals surface area contributed by atoms with Crippen LogP contribution in [0.4, 0.5) is 23.2 Å². The topological polar surface area (TPSA) is 66.1 Å². The lowest BCUT2D eigenvalue weighted by molar-refractivity contribution is -0.115. The predicted octanol–water partition coefficient (Wildman–Crippen LogP) is 3.57. The van der Waals surface area contributed by atoms with Crippen LogP contribution in [0.3, 0.4) is 0 Å². The fraction of sp³-hybridized carbons (Fsp3) is 0.188. The Morgan fingerprint density at radius 1 is 1.24 bits per heavy atom. The van der Waals surface area contributed by atoms with Gasteiger partial charge in [-0.25, -0.2) is 9.37 Å². The highest BCUT2D eigenvalue weighted by atomic mass is 19.4. The Hall–Kier alpha value is -2.97. The van der Waals surface area contributed by atoms with E-state index in [4.69, 9.17) is 5.41 Å². The molecule has 0 spiro atoms. The number of alkyl halides is 3. The first-order valence-corrected chi connectivity index (χ1v) is 7.24. The van der Waals surface area contributed by atoms with Crippen LogP contribution in [0.2, 0.25) is 0 Å². The molecule has 0 unspecified atom stereocenters. The minimum absolute atomic E-state index is 0.115. The number of imidazole rings is 1. The maximum absolute atomic E-state index is 13.5. The third-order valence-corrected chi connectivity index (χ3v) is 3.51. The third-order valence-electron chi connectivity index (χ3n) is 3.51. The Morgan fingerprint density at radius 2 is 2.00 bits per heavy atom. The lowest BCUT2D eigenvalue weighted by Gasteiger charge is -2.14. The summed E-state index contributed by atoms with van der Waals surface area (Å²) in [4.78, 5) is 8.12. The molecule has 0 aliphatic carbocycles. The lowest BCUT2D eigenvalue weighted by Crippen LogP contribution is -2.23. The van der Waals surface area contributed by atoms with E-state index >= 15 is 0 Å². The van der Waals surface area contributed by atoms with Crippen molar-refractivity contribution >= 4 is 17.0 Å². The van der Waals surface area contributed by atoms with Crippen molar-refractivity contribution in [1.29, 1.82) is 5.41 Å². The van der Waals surface area contributed by atoms with Crippen molar-refractivity contribution in [1.82, 2.24) is 14.4 Å². The molecule has 5 nitrogen and oxygen atoms in total. The highest BCUT2D eigenvalue weighted by Crippen LogP contribution is 2.23. The molecule has 0 aromatic carbocycles. The van der Waals surface area contributed by atoms with Gasteiger partial charge in [-0.05, 0) is 25.1 Å². The molecule has 9 heteroatoms. The van der Waals surface area contributed by atoms with E-state index in [-0.39, 0.29) is 22.7 Å². The number of hydrogen-bond donors (Lipinski definition) is 2. The van der Waals surface area contributed by atoms with Crippen molar-refractivity contribution in [3.05, 3.63) is 59.6 Å². The number of anilines is 1. The van der Waals surface area contributed by atoms with Crippen LogP contribution in [0, 0.1) is 18.2 Å². The zero-order chi connectivity index (χ0) is 18.2. The lowest BCUT2D eigenvalue weighted by atomic mass is 10.1. The minimum atomic E-state index is -4.40. The van der Waals surface area contributed by atoms with Gasteiger partial charge in [0.2, 0.25) is 0 Å². The number of aryl methyl sites for hydroxylation is 1. The minimum Gasteiger partial charge on any atom is -0.376 e. The monoisotopic (exact) mass is 351 g/mol. The van der Waals surface area contributed by atoms with Crippen molar-refractivity contribution in [3.8, 4) is 0 Å². The highest BCUT2D eigenvalue weighted by molar-refractivity contribution is 6.13. The molecule has 130 valence electrons. The maximum Gasteiger partial charge on any atom is 0.405 e. The van der Waals surface area contributed by atoms with E-state index < -0.39 is 18.5 Å². The van der Waals surface area contributed by atoms with E-state index in [0.29, 0.717) is 11.3 Å². The Labute approximate surface area is 139 Å². The number of halogens is 4. The molecular weight excluding hydrogens is 338 g/mol. The van der Waals surface area contributed by atoms with Gasteiger partial charge in [-0.15, -0.1) is 0 Å². The van der Waals surface area contributed by atoms with Crippen LogP contribution >= 0.6 is 0 Å². The standard InChI is InChI=1S/C16H13F4N5/c1-9-4-12(24-8-16(18,19)20)11(5-22-9)15(21)13-6-23-14-3-2-10(17)7-25(13)14/h2-7,21H,8H2,1H3,(H,22,24). The van der Waals surface area contributed by atoms with Crippen LogP contribution in [0.25, 0.3) is 5.65 Å². The number of nitrogens with zero attached hydrogens (tertiary/aromatic N) is 3. The Kier molecular flexibility index (Phi) is 4.15. The van der Waals surface area contributed by atoms with E-state index in [2.05, 4.69) is 15.3 Å². The van der Waals surface area contributed by atoms with Gasteiger partial charge in [-0.1, -0.05) is 0 Å². The maximum atomic E-state index is 13.5. The molecule has 0 saturated carbocycles. The molecule has 25 heavy (non-hydrogen) atoms. The van der Waals surface area contributed by atoms with Gasteiger partial charge in [0.15, 0.2) is 0 Å². The fourth-order valence-electron chi connectivity index (χ4n) is 2.38. The molecule has 2 N–H and O–H groups in total.